The smallest absolute Gasteiger partial charge is 0.162 e. The predicted molar refractivity (Wildman–Crippen MR) is 97.4 cm³/mol. The summed E-state index contributed by atoms with van der Waals surface area (Å²) in [5, 5.41) is 9.26. The van der Waals surface area contributed by atoms with Crippen LogP contribution in [-0.4, -0.2) is 11.6 Å². The number of nitrogens with zero attached hydrogens (tertiary/aromatic N) is 2. The molecule has 1 aromatic carbocycles. The third-order valence-corrected chi connectivity index (χ3v) is 5.16. The lowest BCUT2D eigenvalue weighted by Crippen LogP contribution is -2.44. The van der Waals surface area contributed by atoms with Crippen LogP contribution in [0.15, 0.2) is 52.3 Å². The minimum atomic E-state index is -0.809. The van der Waals surface area contributed by atoms with Crippen LogP contribution in [0.1, 0.15) is 44.7 Å². The molecule has 0 bridgehead atoms. The monoisotopic (exact) mass is 334 g/mol. The third kappa shape index (κ3) is 2.54. The molecule has 1 heterocycles. The van der Waals surface area contributed by atoms with E-state index in [1.807, 2.05) is 19.1 Å². The number of hydrogen-bond donors (Lipinski definition) is 2. The van der Waals surface area contributed by atoms with E-state index in [0.29, 0.717) is 35.4 Å². The first-order chi connectivity index (χ1) is 11.7. The van der Waals surface area contributed by atoms with Crippen molar-refractivity contribution in [2.45, 2.75) is 39.0 Å². The maximum absolute atomic E-state index is 13.1. The summed E-state index contributed by atoms with van der Waals surface area (Å²) >= 11 is 0. The van der Waals surface area contributed by atoms with E-state index in [1.165, 1.54) is 6.20 Å². The molecule has 0 fully saturated rings. The summed E-state index contributed by atoms with van der Waals surface area (Å²) < 4.78 is 0. The van der Waals surface area contributed by atoms with Gasteiger partial charge in [-0.2, -0.15) is 5.26 Å². The van der Waals surface area contributed by atoms with Crippen molar-refractivity contribution in [1.82, 2.24) is 0 Å². The number of aliphatic imine (C=N–C) groups is 1. The number of benzene rings is 1. The predicted octanol–water partition coefficient (Wildman–Crippen LogP) is 2.67. The quantitative estimate of drug-likeness (QED) is 0.823. The molecule has 0 aromatic heterocycles. The lowest BCUT2D eigenvalue weighted by molar-refractivity contribution is -0.118. The van der Waals surface area contributed by atoms with Gasteiger partial charge in [0.05, 0.1) is 22.7 Å². The van der Waals surface area contributed by atoms with E-state index in [0.717, 1.165) is 11.3 Å². The van der Waals surface area contributed by atoms with Crippen molar-refractivity contribution in [3.63, 3.8) is 0 Å². The standard InChI is InChI=1S/C20H22N4O/c1-19(2)8-15-17(16(25)9-19)20(3,14(11-22)18(23)24-15)13-6-4-5-12(7-13)10-21/h4-7,11H,8-9,22H2,1-3H3,(H2,23,24)/b14-11+. The highest BCUT2D eigenvalue weighted by Gasteiger charge is 2.48. The van der Waals surface area contributed by atoms with Crippen LogP contribution >= 0.6 is 0 Å². The fraction of sp³-hybridized carbons (Fsp3) is 0.350. The SMILES string of the molecule is CC1(C)CC(=O)C2=C(C1)N=C(N)/C(=C\N)C2(C)c1cccc(C#N)c1. The number of carbonyl (C=O) groups excluding carboxylic acids is 1. The van der Waals surface area contributed by atoms with Gasteiger partial charge in [0.1, 0.15) is 5.84 Å². The zero-order valence-corrected chi connectivity index (χ0v) is 14.8. The summed E-state index contributed by atoms with van der Waals surface area (Å²) in [6.07, 6.45) is 2.56. The Morgan fingerprint density at radius 2 is 2.00 bits per heavy atom. The van der Waals surface area contributed by atoms with Gasteiger partial charge in [-0.15, -0.1) is 0 Å². The van der Waals surface area contributed by atoms with Gasteiger partial charge < -0.3 is 11.5 Å². The number of hydrogen-bond acceptors (Lipinski definition) is 5. The van der Waals surface area contributed by atoms with E-state index < -0.39 is 5.41 Å². The molecule has 1 unspecified atom stereocenters. The van der Waals surface area contributed by atoms with E-state index in [9.17, 15) is 10.1 Å². The number of allylic oxidation sites excluding steroid dienone is 2. The number of rotatable bonds is 1. The van der Waals surface area contributed by atoms with Crippen LogP contribution in [0.5, 0.6) is 0 Å². The molecule has 4 N–H and O–H groups in total. The average Bonchev–Trinajstić information content (AvgIpc) is 2.53. The van der Waals surface area contributed by atoms with Gasteiger partial charge in [0, 0.05) is 23.8 Å². The van der Waals surface area contributed by atoms with Gasteiger partial charge in [-0.05, 0) is 36.5 Å². The number of nitrogens with two attached hydrogens (primary N) is 2. The molecule has 3 rings (SSSR count). The van der Waals surface area contributed by atoms with Crippen molar-refractivity contribution < 1.29 is 4.79 Å². The Balaban J connectivity index is 2.32. The van der Waals surface area contributed by atoms with E-state index in [-0.39, 0.29) is 11.2 Å². The number of carbonyl (C=O) groups is 1. The second kappa shape index (κ2) is 5.59. The molecular weight excluding hydrogens is 312 g/mol. The van der Waals surface area contributed by atoms with E-state index in [4.69, 9.17) is 11.5 Å². The lowest BCUT2D eigenvalue weighted by atomic mass is 9.61. The Morgan fingerprint density at radius 3 is 2.64 bits per heavy atom. The number of amidine groups is 1. The van der Waals surface area contributed by atoms with Gasteiger partial charge in [0.25, 0.3) is 0 Å². The Labute approximate surface area is 147 Å². The molecule has 1 aliphatic heterocycles. The first-order valence-corrected chi connectivity index (χ1v) is 8.27. The Hall–Kier alpha value is -2.87. The maximum atomic E-state index is 13.1. The molecule has 0 saturated heterocycles. The highest BCUT2D eigenvalue weighted by atomic mass is 16.1. The molecule has 2 aliphatic rings. The largest absolute Gasteiger partial charge is 0.404 e. The van der Waals surface area contributed by atoms with Crippen molar-refractivity contribution in [2.24, 2.45) is 21.9 Å². The highest BCUT2D eigenvalue weighted by molar-refractivity contribution is 6.10. The summed E-state index contributed by atoms with van der Waals surface area (Å²) in [6, 6.07) is 9.39. The first-order valence-electron chi connectivity index (χ1n) is 8.27. The molecule has 5 heteroatoms. The molecule has 5 nitrogen and oxygen atoms in total. The van der Waals surface area contributed by atoms with Crippen LogP contribution in [0.25, 0.3) is 0 Å². The topological polar surface area (TPSA) is 105 Å². The summed E-state index contributed by atoms with van der Waals surface area (Å²) in [4.78, 5) is 17.6. The van der Waals surface area contributed by atoms with Crippen molar-refractivity contribution in [2.75, 3.05) is 0 Å². The van der Waals surface area contributed by atoms with E-state index in [2.05, 4.69) is 24.9 Å². The molecule has 0 amide bonds. The Kier molecular flexibility index (Phi) is 3.80. The third-order valence-electron chi connectivity index (χ3n) is 5.16. The van der Waals surface area contributed by atoms with Crippen molar-refractivity contribution in [1.29, 1.82) is 5.26 Å². The number of nitriles is 1. The maximum Gasteiger partial charge on any atom is 0.162 e. The second-order valence-electron chi connectivity index (χ2n) is 7.66. The Morgan fingerprint density at radius 1 is 1.28 bits per heavy atom. The molecule has 128 valence electrons. The molecule has 1 aliphatic carbocycles. The fourth-order valence-corrected chi connectivity index (χ4v) is 4.00. The van der Waals surface area contributed by atoms with Gasteiger partial charge in [0.15, 0.2) is 5.78 Å². The highest BCUT2D eigenvalue weighted by Crippen LogP contribution is 2.50. The summed E-state index contributed by atoms with van der Waals surface area (Å²) in [7, 11) is 0. The van der Waals surface area contributed by atoms with Gasteiger partial charge in [-0.1, -0.05) is 26.0 Å². The molecule has 0 spiro atoms. The molecular formula is C20H22N4O. The zero-order valence-electron chi connectivity index (χ0n) is 14.8. The molecule has 1 atom stereocenters. The van der Waals surface area contributed by atoms with Crippen LogP contribution in [-0.2, 0) is 10.2 Å². The van der Waals surface area contributed by atoms with Gasteiger partial charge in [-0.3, -0.25) is 4.79 Å². The van der Waals surface area contributed by atoms with E-state index in [1.54, 1.807) is 12.1 Å². The summed E-state index contributed by atoms with van der Waals surface area (Å²) in [6.45, 7) is 6.06. The van der Waals surface area contributed by atoms with Gasteiger partial charge >= 0.3 is 0 Å². The minimum absolute atomic E-state index is 0.0618. The number of ketones is 1. The minimum Gasteiger partial charge on any atom is -0.404 e. The normalized spacial score (nSPS) is 26.9. The van der Waals surface area contributed by atoms with Crippen LogP contribution in [0, 0.1) is 16.7 Å². The van der Waals surface area contributed by atoms with Crippen molar-refractivity contribution in [3.05, 3.63) is 58.4 Å². The lowest BCUT2D eigenvalue weighted by Gasteiger charge is -2.43. The van der Waals surface area contributed by atoms with E-state index >= 15 is 0 Å². The summed E-state index contributed by atoms with van der Waals surface area (Å²) in [5.74, 6) is 0.392. The first kappa shape index (κ1) is 17.0. The van der Waals surface area contributed by atoms with Crippen LogP contribution in [0.3, 0.4) is 0 Å². The number of Topliss-reactive ketones (excluding diaryl/α,β-unsaturated/α-hetero) is 1. The fourth-order valence-electron chi connectivity index (χ4n) is 4.00. The average molecular weight is 334 g/mol. The molecule has 1 aromatic rings. The van der Waals surface area contributed by atoms with Crippen LogP contribution < -0.4 is 11.5 Å². The second-order valence-corrected chi connectivity index (χ2v) is 7.66. The van der Waals surface area contributed by atoms with Gasteiger partial charge in [0.2, 0.25) is 0 Å². The van der Waals surface area contributed by atoms with Crippen LogP contribution in [0.4, 0.5) is 0 Å². The molecule has 0 saturated carbocycles. The molecule has 0 radical (unpaired) electrons. The van der Waals surface area contributed by atoms with Crippen LogP contribution in [0.2, 0.25) is 0 Å². The zero-order chi connectivity index (χ0) is 18.4. The van der Waals surface area contributed by atoms with Gasteiger partial charge in [-0.25, -0.2) is 4.99 Å². The molecule has 25 heavy (non-hydrogen) atoms. The van der Waals surface area contributed by atoms with Crippen molar-refractivity contribution >= 4 is 11.6 Å². The summed E-state index contributed by atoms with van der Waals surface area (Å²) in [5.41, 5.74) is 14.5. The van der Waals surface area contributed by atoms with Crippen molar-refractivity contribution in [3.8, 4) is 6.07 Å². The Bertz CT molecular complexity index is 899.